The van der Waals surface area contributed by atoms with E-state index in [1.807, 2.05) is 0 Å². The molecule has 0 aromatic heterocycles. The fraction of sp³-hybridized carbons (Fsp3) is 0.800. The molecule has 0 unspecified atom stereocenters. The highest BCUT2D eigenvalue weighted by atomic mass is 16.5. The van der Waals surface area contributed by atoms with Crippen molar-refractivity contribution in [3.8, 4) is 0 Å². The summed E-state index contributed by atoms with van der Waals surface area (Å²) >= 11 is 0. The highest BCUT2D eigenvalue weighted by Crippen LogP contribution is 2.60. The van der Waals surface area contributed by atoms with Crippen molar-refractivity contribution in [2.45, 2.75) is 18.6 Å². The van der Waals surface area contributed by atoms with Gasteiger partial charge in [0.1, 0.15) is 0 Å². The van der Waals surface area contributed by atoms with E-state index in [1.165, 1.54) is 7.05 Å². The fourth-order valence-corrected chi connectivity index (χ4v) is 3.65. The highest BCUT2D eigenvalue weighted by molar-refractivity contribution is 6.06. The van der Waals surface area contributed by atoms with Gasteiger partial charge in [-0.1, -0.05) is 0 Å². The maximum absolute atomic E-state index is 11.8. The average Bonchev–Trinajstić information content (AvgIpc) is 2.69. The largest absolute Gasteiger partial charge is 0.365 e. The molecule has 5 heteroatoms. The molecule has 5 nitrogen and oxygen atoms in total. The van der Waals surface area contributed by atoms with Gasteiger partial charge in [-0.3, -0.25) is 14.5 Å². The number of aliphatic hydroxyl groups is 2. The van der Waals surface area contributed by atoms with Crippen LogP contribution in [0.4, 0.5) is 0 Å². The maximum Gasteiger partial charge on any atom is 0.233 e. The summed E-state index contributed by atoms with van der Waals surface area (Å²) in [5.74, 6) is -4.17. The zero-order chi connectivity index (χ0) is 11.0. The zero-order valence-corrected chi connectivity index (χ0v) is 8.38. The molecule has 2 aliphatic carbocycles. The lowest BCUT2D eigenvalue weighted by molar-refractivity contribution is -0.201. The molecule has 0 spiro atoms. The first-order chi connectivity index (χ1) is 6.96. The van der Waals surface area contributed by atoms with Crippen LogP contribution in [0.15, 0.2) is 0 Å². The number of imide groups is 1. The number of hydrogen-bond donors (Lipinski definition) is 2. The second kappa shape index (κ2) is 2.41. The maximum atomic E-state index is 11.8. The van der Waals surface area contributed by atoms with Crippen LogP contribution in [0.5, 0.6) is 0 Å². The molecule has 2 saturated carbocycles. The van der Waals surface area contributed by atoms with Gasteiger partial charge in [0.05, 0.1) is 11.8 Å². The summed E-state index contributed by atoms with van der Waals surface area (Å²) < 4.78 is 0. The molecule has 1 heterocycles. The first-order valence-electron chi connectivity index (χ1n) is 5.22. The Hall–Kier alpha value is -0.940. The number of hydrogen-bond acceptors (Lipinski definition) is 4. The zero-order valence-electron chi connectivity index (χ0n) is 8.38. The predicted molar refractivity (Wildman–Crippen MR) is 48.1 cm³/mol. The molecule has 82 valence electrons. The average molecular weight is 211 g/mol. The van der Waals surface area contributed by atoms with E-state index in [9.17, 15) is 19.8 Å². The Morgan fingerprint density at radius 2 is 1.53 bits per heavy atom. The van der Waals surface area contributed by atoms with Crippen LogP contribution < -0.4 is 0 Å². The number of likely N-dealkylation sites (tertiary alicyclic amines) is 1. The lowest BCUT2D eigenvalue weighted by atomic mass is 9.81. The van der Waals surface area contributed by atoms with Crippen molar-refractivity contribution in [2.24, 2.45) is 23.7 Å². The molecule has 3 aliphatic rings. The molecule has 1 aliphatic heterocycles. The van der Waals surface area contributed by atoms with Gasteiger partial charge >= 0.3 is 0 Å². The molecule has 4 atom stereocenters. The Bertz CT molecular complexity index is 332. The van der Waals surface area contributed by atoms with Gasteiger partial charge in [0.2, 0.25) is 11.8 Å². The lowest BCUT2D eigenvalue weighted by Gasteiger charge is -2.24. The molecule has 2 bridgehead atoms. The molecule has 2 N–H and O–H groups in total. The molecule has 3 rings (SSSR count). The van der Waals surface area contributed by atoms with Crippen LogP contribution in [0.2, 0.25) is 0 Å². The number of fused-ring (bicyclic) bond motifs is 5. The fourth-order valence-electron chi connectivity index (χ4n) is 3.65. The van der Waals surface area contributed by atoms with Crippen LogP contribution in [0, 0.1) is 23.7 Å². The summed E-state index contributed by atoms with van der Waals surface area (Å²) in [5.41, 5.74) is 0. The first-order valence-corrected chi connectivity index (χ1v) is 5.22. The van der Waals surface area contributed by atoms with Crippen molar-refractivity contribution in [2.75, 3.05) is 7.05 Å². The monoisotopic (exact) mass is 211 g/mol. The molecule has 3 fully saturated rings. The van der Waals surface area contributed by atoms with Gasteiger partial charge in [-0.25, -0.2) is 0 Å². The standard InChI is InChI=1S/C10H13NO4/c1-11-8(12)6-4-2-3-5(10(4,14)15)7(6)9(11)13/h4-7,14-15H,2-3H2,1H3/t4-,5+,6-,7+. The number of nitrogens with zero attached hydrogens (tertiary/aromatic N) is 1. The Morgan fingerprint density at radius 1 is 1.13 bits per heavy atom. The number of carbonyl (C=O) groups is 2. The van der Waals surface area contributed by atoms with Gasteiger partial charge in [0.15, 0.2) is 5.79 Å². The predicted octanol–water partition coefficient (Wildman–Crippen LogP) is -1.06. The van der Waals surface area contributed by atoms with Crippen molar-refractivity contribution in [3.63, 3.8) is 0 Å². The van der Waals surface area contributed by atoms with Crippen molar-refractivity contribution in [1.29, 1.82) is 0 Å². The van der Waals surface area contributed by atoms with E-state index in [0.29, 0.717) is 12.8 Å². The van der Waals surface area contributed by atoms with Gasteiger partial charge in [-0.15, -0.1) is 0 Å². The van der Waals surface area contributed by atoms with Crippen LogP contribution in [0.3, 0.4) is 0 Å². The molecular weight excluding hydrogens is 198 g/mol. The minimum absolute atomic E-state index is 0.246. The molecule has 15 heavy (non-hydrogen) atoms. The van der Waals surface area contributed by atoms with Crippen molar-refractivity contribution in [3.05, 3.63) is 0 Å². The third-order valence-electron chi connectivity index (χ3n) is 4.37. The van der Waals surface area contributed by atoms with Crippen molar-refractivity contribution >= 4 is 11.8 Å². The Balaban J connectivity index is 2.08. The lowest BCUT2D eigenvalue weighted by Crippen LogP contribution is -2.40. The minimum atomic E-state index is -1.80. The summed E-state index contributed by atoms with van der Waals surface area (Å²) in [7, 11) is 1.47. The summed E-state index contributed by atoms with van der Waals surface area (Å²) in [6, 6.07) is 0. The number of amides is 2. The minimum Gasteiger partial charge on any atom is -0.365 e. The molecule has 0 aromatic rings. The SMILES string of the molecule is CN1C(=O)[C@@H]2[C@H](C1=O)[C@H]1CC[C@@H]2C1(O)O. The van der Waals surface area contributed by atoms with Gasteiger partial charge < -0.3 is 10.2 Å². The highest BCUT2D eigenvalue weighted by Gasteiger charge is 2.70. The quantitative estimate of drug-likeness (QED) is 0.395. The summed E-state index contributed by atoms with van der Waals surface area (Å²) in [4.78, 5) is 24.7. The molecule has 0 aromatic carbocycles. The summed E-state index contributed by atoms with van der Waals surface area (Å²) in [6.07, 6.45) is 1.26. The van der Waals surface area contributed by atoms with Crippen LogP contribution in [0.1, 0.15) is 12.8 Å². The van der Waals surface area contributed by atoms with E-state index in [2.05, 4.69) is 0 Å². The second-order valence-corrected chi connectivity index (χ2v) is 4.86. The van der Waals surface area contributed by atoms with Gasteiger partial charge in [0, 0.05) is 18.9 Å². The second-order valence-electron chi connectivity index (χ2n) is 4.86. The van der Waals surface area contributed by atoms with Crippen LogP contribution in [0.25, 0.3) is 0 Å². The Labute approximate surface area is 86.7 Å². The molecule has 2 amide bonds. The van der Waals surface area contributed by atoms with Gasteiger partial charge in [-0.2, -0.15) is 0 Å². The number of rotatable bonds is 0. The topological polar surface area (TPSA) is 77.8 Å². The molecule has 0 radical (unpaired) electrons. The van der Waals surface area contributed by atoms with Gasteiger partial charge in [0.25, 0.3) is 0 Å². The third-order valence-corrected chi connectivity index (χ3v) is 4.37. The number of carbonyl (C=O) groups excluding carboxylic acids is 2. The Morgan fingerprint density at radius 3 is 1.93 bits per heavy atom. The molecular formula is C10H13NO4. The van der Waals surface area contributed by atoms with Crippen LogP contribution >= 0.6 is 0 Å². The van der Waals surface area contributed by atoms with Crippen molar-refractivity contribution < 1.29 is 19.8 Å². The summed E-state index contributed by atoms with van der Waals surface area (Å²) in [5, 5.41) is 19.7. The van der Waals surface area contributed by atoms with Gasteiger partial charge in [-0.05, 0) is 12.8 Å². The van der Waals surface area contributed by atoms with E-state index < -0.39 is 29.5 Å². The van der Waals surface area contributed by atoms with E-state index in [-0.39, 0.29) is 11.8 Å². The molecule has 1 saturated heterocycles. The van der Waals surface area contributed by atoms with Crippen molar-refractivity contribution in [1.82, 2.24) is 4.90 Å². The summed E-state index contributed by atoms with van der Waals surface area (Å²) in [6.45, 7) is 0. The van der Waals surface area contributed by atoms with E-state index in [4.69, 9.17) is 0 Å². The van der Waals surface area contributed by atoms with E-state index in [0.717, 1.165) is 4.90 Å². The third kappa shape index (κ3) is 0.823. The van der Waals surface area contributed by atoms with E-state index >= 15 is 0 Å². The van der Waals surface area contributed by atoms with E-state index in [1.54, 1.807) is 0 Å². The smallest absolute Gasteiger partial charge is 0.233 e. The van der Waals surface area contributed by atoms with Crippen LogP contribution in [-0.2, 0) is 9.59 Å². The first kappa shape index (κ1) is 9.30. The normalized spacial score (nSPS) is 46.5. The Kier molecular flexibility index (Phi) is 1.50. The van der Waals surface area contributed by atoms with Crippen LogP contribution in [-0.4, -0.2) is 39.8 Å².